The van der Waals surface area contributed by atoms with Gasteiger partial charge in [-0.25, -0.2) is 12.8 Å². The maximum Gasteiger partial charge on any atom is 0.261 e. The third-order valence-corrected chi connectivity index (χ3v) is 4.94. The Balaban J connectivity index is 1.70. The first-order valence-electron chi connectivity index (χ1n) is 6.40. The second-order valence-electron chi connectivity index (χ2n) is 4.94. The van der Waals surface area contributed by atoms with Gasteiger partial charge in [0.1, 0.15) is 0 Å². The Morgan fingerprint density at radius 3 is 2.67 bits per heavy atom. The molecule has 0 spiro atoms. The van der Waals surface area contributed by atoms with Gasteiger partial charge in [-0.3, -0.25) is 0 Å². The maximum absolute atomic E-state index is 13.8. The lowest BCUT2D eigenvalue weighted by atomic mass is 9.78. The van der Waals surface area contributed by atoms with E-state index < -0.39 is 14.9 Å². The molecule has 3 nitrogen and oxygen atoms in total. The van der Waals surface area contributed by atoms with Crippen LogP contribution in [-0.2, 0) is 15.5 Å². The number of halogens is 2. The molecule has 2 aromatic rings. The van der Waals surface area contributed by atoms with Crippen LogP contribution in [0.1, 0.15) is 17.0 Å². The minimum atomic E-state index is -3.93. The van der Waals surface area contributed by atoms with Gasteiger partial charge in [-0.05, 0) is 35.7 Å². The van der Waals surface area contributed by atoms with Crippen LogP contribution in [0, 0.1) is 5.82 Å². The van der Waals surface area contributed by atoms with Gasteiger partial charge in [0, 0.05) is 16.6 Å². The van der Waals surface area contributed by atoms with Crippen LogP contribution in [0.15, 0.2) is 47.4 Å². The van der Waals surface area contributed by atoms with Gasteiger partial charge in [0.05, 0.1) is 11.5 Å². The van der Waals surface area contributed by atoms with E-state index in [1.807, 2.05) is 18.2 Å². The fourth-order valence-electron chi connectivity index (χ4n) is 2.45. The Kier molecular flexibility index (Phi) is 3.63. The third-order valence-electron chi connectivity index (χ3n) is 3.59. The summed E-state index contributed by atoms with van der Waals surface area (Å²) in [6.45, 7) is 0.362. The van der Waals surface area contributed by atoms with Gasteiger partial charge < -0.3 is 4.74 Å². The summed E-state index contributed by atoms with van der Waals surface area (Å²) in [4.78, 5) is -0.275. The van der Waals surface area contributed by atoms with Crippen LogP contribution >= 0.6 is 10.7 Å². The monoisotopic (exact) mass is 326 g/mol. The van der Waals surface area contributed by atoms with E-state index in [0.717, 1.165) is 12.5 Å². The summed E-state index contributed by atoms with van der Waals surface area (Å²) < 4.78 is 41.5. The minimum Gasteiger partial charge on any atom is -0.490 e. The lowest BCUT2D eigenvalue weighted by molar-refractivity contribution is 0.263. The topological polar surface area (TPSA) is 43.4 Å². The highest BCUT2D eigenvalue weighted by Gasteiger charge is 2.26. The van der Waals surface area contributed by atoms with Crippen LogP contribution in [-0.4, -0.2) is 15.0 Å². The molecule has 1 unspecified atom stereocenters. The molecular formula is C15H12ClFO3S. The zero-order valence-corrected chi connectivity index (χ0v) is 12.5. The summed E-state index contributed by atoms with van der Waals surface area (Å²) in [5.74, 6) is -0.454. The van der Waals surface area contributed by atoms with E-state index in [4.69, 9.17) is 15.4 Å². The van der Waals surface area contributed by atoms with Crippen LogP contribution in [0.2, 0.25) is 0 Å². The molecule has 0 amide bonds. The van der Waals surface area contributed by atoms with Crippen molar-refractivity contribution in [1.82, 2.24) is 0 Å². The van der Waals surface area contributed by atoms with E-state index in [1.165, 1.54) is 23.3 Å². The number of fused-ring (bicyclic) bond motifs is 1. The SMILES string of the molecule is O=S(=O)(Cl)c1ccc(OCC2Cc3ccccc32)c(F)c1. The van der Waals surface area contributed by atoms with E-state index in [9.17, 15) is 12.8 Å². The van der Waals surface area contributed by atoms with Gasteiger partial charge in [-0.2, -0.15) is 0 Å². The van der Waals surface area contributed by atoms with Crippen LogP contribution in [0.3, 0.4) is 0 Å². The summed E-state index contributed by atoms with van der Waals surface area (Å²) in [5, 5.41) is 0. The first-order chi connectivity index (χ1) is 9.95. The molecule has 6 heteroatoms. The standard InChI is InChI=1S/C15H12ClFO3S/c16-21(18,19)12-5-6-15(14(17)8-12)20-9-11-7-10-3-1-2-4-13(10)11/h1-6,8,11H,7,9H2. The number of hydrogen-bond donors (Lipinski definition) is 0. The van der Waals surface area contributed by atoms with E-state index in [0.29, 0.717) is 6.61 Å². The van der Waals surface area contributed by atoms with Crippen molar-refractivity contribution in [3.05, 3.63) is 59.4 Å². The summed E-state index contributed by atoms with van der Waals surface area (Å²) in [6.07, 6.45) is 0.909. The zero-order chi connectivity index (χ0) is 15.0. The molecular weight excluding hydrogens is 315 g/mol. The Hall–Kier alpha value is -1.59. The van der Waals surface area contributed by atoms with Crippen LogP contribution in [0.5, 0.6) is 5.75 Å². The Morgan fingerprint density at radius 1 is 1.24 bits per heavy atom. The largest absolute Gasteiger partial charge is 0.490 e. The van der Waals surface area contributed by atoms with Crippen molar-refractivity contribution in [3.8, 4) is 5.75 Å². The summed E-state index contributed by atoms with van der Waals surface area (Å²) in [5.41, 5.74) is 2.51. The third kappa shape index (κ3) is 2.89. The van der Waals surface area contributed by atoms with E-state index in [-0.39, 0.29) is 16.6 Å². The minimum absolute atomic E-state index is 0.0310. The molecule has 0 radical (unpaired) electrons. The van der Waals surface area contributed by atoms with Crippen molar-refractivity contribution in [2.24, 2.45) is 0 Å². The predicted molar refractivity (Wildman–Crippen MR) is 77.8 cm³/mol. The van der Waals surface area contributed by atoms with Gasteiger partial charge >= 0.3 is 0 Å². The van der Waals surface area contributed by atoms with Crippen molar-refractivity contribution >= 4 is 19.7 Å². The molecule has 3 rings (SSSR count). The zero-order valence-electron chi connectivity index (χ0n) is 10.9. The van der Waals surface area contributed by atoms with Crippen molar-refractivity contribution in [1.29, 1.82) is 0 Å². The maximum atomic E-state index is 13.8. The van der Waals surface area contributed by atoms with Crippen molar-refractivity contribution in [2.75, 3.05) is 6.61 Å². The molecule has 1 atom stereocenters. The van der Waals surface area contributed by atoms with Gasteiger partial charge in [0.2, 0.25) is 0 Å². The van der Waals surface area contributed by atoms with Crippen molar-refractivity contribution in [2.45, 2.75) is 17.2 Å². The molecule has 21 heavy (non-hydrogen) atoms. The van der Waals surface area contributed by atoms with Gasteiger partial charge in [-0.1, -0.05) is 24.3 Å². The van der Waals surface area contributed by atoms with E-state index in [1.54, 1.807) is 0 Å². The predicted octanol–water partition coefficient (Wildman–Crippen LogP) is 3.47. The molecule has 1 aliphatic carbocycles. The Morgan fingerprint density at radius 2 is 2.00 bits per heavy atom. The molecule has 0 saturated carbocycles. The molecule has 110 valence electrons. The molecule has 0 fully saturated rings. The Bertz CT molecular complexity index is 789. The quantitative estimate of drug-likeness (QED) is 0.808. The average molecular weight is 327 g/mol. The fraction of sp³-hybridized carbons (Fsp3) is 0.200. The fourth-order valence-corrected chi connectivity index (χ4v) is 3.21. The summed E-state index contributed by atoms with van der Waals surface area (Å²) in [7, 11) is 1.23. The summed E-state index contributed by atoms with van der Waals surface area (Å²) >= 11 is 0. The van der Waals surface area contributed by atoms with Crippen LogP contribution < -0.4 is 4.74 Å². The smallest absolute Gasteiger partial charge is 0.261 e. The molecule has 0 heterocycles. The van der Waals surface area contributed by atoms with Crippen molar-refractivity contribution in [3.63, 3.8) is 0 Å². The van der Waals surface area contributed by atoms with E-state index in [2.05, 4.69) is 6.07 Å². The number of rotatable bonds is 4. The highest BCUT2D eigenvalue weighted by atomic mass is 35.7. The second kappa shape index (κ2) is 5.31. The first-order valence-corrected chi connectivity index (χ1v) is 8.71. The average Bonchev–Trinajstić information content (AvgIpc) is 2.40. The number of hydrogen-bond acceptors (Lipinski definition) is 3. The molecule has 1 aliphatic rings. The van der Waals surface area contributed by atoms with Crippen LogP contribution in [0.4, 0.5) is 4.39 Å². The molecule has 2 aromatic carbocycles. The molecule has 0 bridgehead atoms. The van der Waals surface area contributed by atoms with Gasteiger partial charge in [0.25, 0.3) is 9.05 Å². The second-order valence-corrected chi connectivity index (χ2v) is 7.51. The number of ether oxygens (including phenoxy) is 1. The normalized spacial score (nSPS) is 17.0. The number of benzene rings is 2. The van der Waals surface area contributed by atoms with Gasteiger partial charge in [-0.15, -0.1) is 0 Å². The highest BCUT2D eigenvalue weighted by Crippen LogP contribution is 2.35. The summed E-state index contributed by atoms with van der Waals surface area (Å²) in [6, 6.07) is 11.4. The first kappa shape index (κ1) is 14.4. The molecule has 0 N–H and O–H groups in total. The van der Waals surface area contributed by atoms with Crippen molar-refractivity contribution < 1.29 is 17.5 Å². The lowest BCUT2D eigenvalue weighted by Crippen LogP contribution is -2.23. The molecule has 0 saturated heterocycles. The van der Waals surface area contributed by atoms with Gasteiger partial charge in [0.15, 0.2) is 11.6 Å². The lowest BCUT2D eigenvalue weighted by Gasteiger charge is -2.29. The molecule has 0 aliphatic heterocycles. The molecule has 0 aromatic heterocycles. The van der Waals surface area contributed by atoms with Crippen LogP contribution in [0.25, 0.3) is 0 Å². The Labute approximate surface area is 126 Å². The highest BCUT2D eigenvalue weighted by molar-refractivity contribution is 8.13. The van der Waals surface area contributed by atoms with E-state index >= 15 is 0 Å².